The standard InChI is InChI=1S/C24H23N5O/c25-17-18-16-23(20-8-4-5-9-21(20)26-18)28-14-12-27(13-15-28)22-10-11-29(24(22)30)19-6-2-1-3-7-19/h1-9,16,22H,10-15H2. The summed E-state index contributed by atoms with van der Waals surface area (Å²) in [5.41, 5.74) is 3.32. The van der Waals surface area contributed by atoms with Gasteiger partial charge in [0.25, 0.3) is 0 Å². The van der Waals surface area contributed by atoms with E-state index in [2.05, 4.69) is 26.9 Å². The summed E-state index contributed by atoms with van der Waals surface area (Å²) in [5.74, 6) is 0.204. The molecule has 2 saturated heterocycles. The van der Waals surface area contributed by atoms with Crippen LogP contribution in [-0.2, 0) is 4.79 Å². The van der Waals surface area contributed by atoms with Crippen molar-refractivity contribution in [3.63, 3.8) is 0 Å². The SMILES string of the molecule is N#Cc1cc(N2CCN(C3CCN(c4ccccc4)C3=O)CC2)c2ccccc2n1. The Labute approximate surface area is 175 Å². The Morgan fingerprint density at radius 3 is 2.43 bits per heavy atom. The molecule has 1 aromatic heterocycles. The fourth-order valence-corrected chi connectivity index (χ4v) is 4.62. The minimum absolute atomic E-state index is 0.0452. The quantitative estimate of drug-likeness (QED) is 0.680. The van der Waals surface area contributed by atoms with Crippen LogP contribution in [0.1, 0.15) is 12.1 Å². The molecule has 1 unspecified atom stereocenters. The van der Waals surface area contributed by atoms with Gasteiger partial charge in [-0.15, -0.1) is 0 Å². The van der Waals surface area contributed by atoms with E-state index in [1.54, 1.807) is 0 Å². The van der Waals surface area contributed by atoms with E-state index < -0.39 is 0 Å². The molecule has 0 spiro atoms. The summed E-state index contributed by atoms with van der Waals surface area (Å²) in [6.07, 6.45) is 0.866. The van der Waals surface area contributed by atoms with E-state index in [0.717, 1.165) is 61.4 Å². The maximum absolute atomic E-state index is 13.0. The highest BCUT2D eigenvalue weighted by atomic mass is 16.2. The zero-order valence-corrected chi connectivity index (χ0v) is 16.7. The van der Waals surface area contributed by atoms with E-state index in [4.69, 9.17) is 0 Å². The van der Waals surface area contributed by atoms with Crippen LogP contribution >= 0.6 is 0 Å². The minimum Gasteiger partial charge on any atom is -0.368 e. The number of amides is 1. The van der Waals surface area contributed by atoms with Crippen LogP contribution in [0.2, 0.25) is 0 Å². The molecule has 0 radical (unpaired) electrons. The Hall–Kier alpha value is -3.43. The Balaban J connectivity index is 1.31. The number of nitrogens with zero attached hydrogens (tertiary/aromatic N) is 5. The van der Waals surface area contributed by atoms with Gasteiger partial charge in [0.1, 0.15) is 11.8 Å². The first-order chi connectivity index (χ1) is 14.7. The summed E-state index contributed by atoms with van der Waals surface area (Å²) in [7, 11) is 0. The number of nitriles is 1. The third-order valence-electron chi connectivity index (χ3n) is 6.15. The summed E-state index contributed by atoms with van der Waals surface area (Å²) in [4.78, 5) is 24.0. The maximum atomic E-state index is 13.0. The Morgan fingerprint density at radius 2 is 1.67 bits per heavy atom. The first kappa shape index (κ1) is 18.6. The highest BCUT2D eigenvalue weighted by Crippen LogP contribution is 2.29. The molecule has 2 aliphatic heterocycles. The van der Waals surface area contributed by atoms with Gasteiger partial charge in [0, 0.05) is 49.5 Å². The largest absolute Gasteiger partial charge is 0.368 e. The highest BCUT2D eigenvalue weighted by molar-refractivity contribution is 5.99. The molecule has 6 nitrogen and oxygen atoms in total. The number of pyridine rings is 1. The number of aromatic nitrogens is 1. The second kappa shape index (κ2) is 7.77. The number of carbonyl (C=O) groups is 1. The highest BCUT2D eigenvalue weighted by Gasteiger charge is 2.37. The van der Waals surface area contributed by atoms with Crippen LogP contribution in [0.5, 0.6) is 0 Å². The van der Waals surface area contributed by atoms with Crippen LogP contribution in [-0.4, -0.2) is 54.6 Å². The summed E-state index contributed by atoms with van der Waals surface area (Å²) in [6.45, 7) is 4.09. The third kappa shape index (κ3) is 3.27. The molecule has 0 N–H and O–H groups in total. The first-order valence-corrected chi connectivity index (χ1v) is 10.4. The third-order valence-corrected chi connectivity index (χ3v) is 6.15. The summed E-state index contributed by atoms with van der Waals surface area (Å²) in [5, 5.41) is 10.4. The lowest BCUT2D eigenvalue weighted by atomic mass is 10.1. The molecular weight excluding hydrogens is 374 g/mol. The van der Waals surface area contributed by atoms with Crippen molar-refractivity contribution in [3.05, 3.63) is 66.4 Å². The number of carbonyl (C=O) groups excluding carboxylic acids is 1. The fraction of sp³-hybridized carbons (Fsp3) is 0.292. The van der Waals surface area contributed by atoms with E-state index in [-0.39, 0.29) is 11.9 Å². The van der Waals surface area contributed by atoms with Gasteiger partial charge in [-0.05, 0) is 30.7 Å². The second-order valence-corrected chi connectivity index (χ2v) is 7.81. The number of benzene rings is 2. The number of hydrogen-bond donors (Lipinski definition) is 0. The Kier molecular flexibility index (Phi) is 4.82. The minimum atomic E-state index is -0.0452. The predicted octanol–water partition coefficient (Wildman–Crippen LogP) is 3.03. The van der Waals surface area contributed by atoms with Crippen LogP contribution < -0.4 is 9.80 Å². The van der Waals surface area contributed by atoms with E-state index in [1.807, 2.05) is 59.5 Å². The average Bonchev–Trinajstić information content (AvgIpc) is 3.20. The van der Waals surface area contributed by atoms with E-state index >= 15 is 0 Å². The molecule has 0 bridgehead atoms. The van der Waals surface area contributed by atoms with Crippen molar-refractivity contribution >= 4 is 28.2 Å². The fourth-order valence-electron chi connectivity index (χ4n) is 4.62. The molecule has 30 heavy (non-hydrogen) atoms. The molecule has 2 aromatic carbocycles. The van der Waals surface area contributed by atoms with Crippen LogP contribution in [0.25, 0.3) is 10.9 Å². The smallest absolute Gasteiger partial charge is 0.244 e. The molecule has 2 fully saturated rings. The van der Waals surface area contributed by atoms with E-state index in [1.165, 1.54) is 0 Å². The number of hydrogen-bond acceptors (Lipinski definition) is 5. The Morgan fingerprint density at radius 1 is 0.933 bits per heavy atom. The first-order valence-electron chi connectivity index (χ1n) is 10.4. The predicted molar refractivity (Wildman–Crippen MR) is 117 cm³/mol. The molecule has 6 heteroatoms. The van der Waals surface area contributed by atoms with Gasteiger partial charge in [-0.2, -0.15) is 5.26 Å². The molecule has 1 atom stereocenters. The maximum Gasteiger partial charge on any atom is 0.244 e. The lowest BCUT2D eigenvalue weighted by molar-refractivity contribution is -0.121. The van der Waals surface area contributed by atoms with Crippen LogP contribution in [0, 0.1) is 11.3 Å². The van der Waals surface area contributed by atoms with Gasteiger partial charge in [0.2, 0.25) is 5.91 Å². The zero-order chi connectivity index (χ0) is 20.5. The van der Waals surface area contributed by atoms with Crippen LogP contribution in [0.4, 0.5) is 11.4 Å². The van der Waals surface area contributed by atoms with Gasteiger partial charge >= 0.3 is 0 Å². The summed E-state index contributed by atoms with van der Waals surface area (Å²) < 4.78 is 0. The zero-order valence-electron chi connectivity index (χ0n) is 16.7. The molecule has 150 valence electrons. The molecule has 5 rings (SSSR count). The number of anilines is 2. The molecule has 3 heterocycles. The van der Waals surface area contributed by atoms with Crippen molar-refractivity contribution in [3.8, 4) is 6.07 Å². The average molecular weight is 397 g/mol. The molecule has 2 aliphatic rings. The topological polar surface area (TPSA) is 63.5 Å². The van der Waals surface area contributed by atoms with Gasteiger partial charge in [0.05, 0.1) is 11.6 Å². The van der Waals surface area contributed by atoms with Gasteiger partial charge in [-0.1, -0.05) is 36.4 Å². The molecule has 3 aromatic rings. The molecule has 1 amide bonds. The van der Waals surface area contributed by atoms with Gasteiger partial charge in [-0.3, -0.25) is 9.69 Å². The summed E-state index contributed by atoms with van der Waals surface area (Å²) >= 11 is 0. The number of para-hydroxylation sites is 2. The lowest BCUT2D eigenvalue weighted by Gasteiger charge is -2.38. The lowest BCUT2D eigenvalue weighted by Crippen LogP contribution is -2.52. The van der Waals surface area contributed by atoms with Crippen molar-refractivity contribution in [2.75, 3.05) is 42.5 Å². The van der Waals surface area contributed by atoms with Crippen LogP contribution in [0.15, 0.2) is 60.7 Å². The van der Waals surface area contributed by atoms with Gasteiger partial charge in [-0.25, -0.2) is 4.98 Å². The number of rotatable bonds is 3. The van der Waals surface area contributed by atoms with Crippen molar-refractivity contribution in [2.24, 2.45) is 0 Å². The van der Waals surface area contributed by atoms with Gasteiger partial charge < -0.3 is 9.80 Å². The second-order valence-electron chi connectivity index (χ2n) is 7.81. The van der Waals surface area contributed by atoms with Crippen molar-refractivity contribution in [2.45, 2.75) is 12.5 Å². The number of piperazine rings is 1. The van der Waals surface area contributed by atoms with E-state index in [0.29, 0.717) is 5.69 Å². The molecule has 0 aliphatic carbocycles. The number of fused-ring (bicyclic) bond motifs is 1. The van der Waals surface area contributed by atoms with Crippen molar-refractivity contribution in [1.29, 1.82) is 5.26 Å². The van der Waals surface area contributed by atoms with Crippen LogP contribution in [0.3, 0.4) is 0 Å². The normalized spacial score (nSPS) is 20.0. The Bertz CT molecular complexity index is 1120. The van der Waals surface area contributed by atoms with Crippen molar-refractivity contribution < 1.29 is 4.79 Å². The van der Waals surface area contributed by atoms with E-state index in [9.17, 15) is 10.1 Å². The van der Waals surface area contributed by atoms with Gasteiger partial charge in [0.15, 0.2) is 0 Å². The summed E-state index contributed by atoms with van der Waals surface area (Å²) in [6, 6.07) is 21.9. The monoisotopic (exact) mass is 397 g/mol. The molecule has 0 saturated carbocycles. The van der Waals surface area contributed by atoms with Crippen molar-refractivity contribution in [1.82, 2.24) is 9.88 Å². The molecular formula is C24H23N5O.